The molecule has 40 heavy (non-hydrogen) atoms. The van der Waals surface area contributed by atoms with Crippen LogP contribution in [0.4, 0.5) is 13.2 Å². The minimum absolute atomic E-state index is 0.00207. The number of aromatic hydroxyl groups is 1. The molecule has 0 unspecified atom stereocenters. The first-order chi connectivity index (χ1) is 19.2. The summed E-state index contributed by atoms with van der Waals surface area (Å²) in [7, 11) is 0. The summed E-state index contributed by atoms with van der Waals surface area (Å²) in [6.45, 7) is 0.850. The van der Waals surface area contributed by atoms with E-state index in [4.69, 9.17) is 20.8 Å². The summed E-state index contributed by atoms with van der Waals surface area (Å²) < 4.78 is 53.4. The van der Waals surface area contributed by atoms with Crippen molar-refractivity contribution >= 4 is 22.6 Å². The topological polar surface area (TPSA) is 62.9 Å². The number of nitrogens with zero attached hydrogens (tertiary/aromatic N) is 1. The Morgan fingerprint density at radius 2 is 1.38 bits per heavy atom. The Morgan fingerprint density at radius 1 is 0.800 bits per heavy atom. The van der Waals surface area contributed by atoms with Crippen LogP contribution in [0.1, 0.15) is 22.5 Å². The summed E-state index contributed by atoms with van der Waals surface area (Å²) in [5, 5.41) is 10.7. The second-order valence-corrected chi connectivity index (χ2v) is 9.58. The zero-order chi connectivity index (χ0) is 28.3. The third-order valence-electron chi connectivity index (χ3n) is 6.28. The highest BCUT2D eigenvalue weighted by molar-refractivity contribution is 6.32. The number of hydrogen-bond acceptors (Lipinski definition) is 5. The van der Waals surface area contributed by atoms with Crippen LogP contribution in [-0.2, 0) is 25.8 Å². The van der Waals surface area contributed by atoms with Gasteiger partial charge in [0.1, 0.15) is 17.1 Å². The maximum atomic E-state index is 14.2. The van der Waals surface area contributed by atoms with Crippen LogP contribution >= 0.6 is 11.6 Å². The van der Waals surface area contributed by atoms with E-state index in [1.165, 1.54) is 30.3 Å². The Kier molecular flexibility index (Phi) is 7.82. The Hall–Kier alpha value is -4.27. The molecule has 0 saturated heterocycles. The van der Waals surface area contributed by atoms with Gasteiger partial charge in [0.2, 0.25) is 11.2 Å². The number of fused-ring (bicyclic) bond motifs is 1. The average molecular weight is 566 g/mol. The van der Waals surface area contributed by atoms with Gasteiger partial charge < -0.3 is 14.3 Å². The lowest BCUT2D eigenvalue weighted by Crippen LogP contribution is -2.23. The van der Waals surface area contributed by atoms with E-state index in [-0.39, 0.29) is 39.6 Å². The number of para-hydroxylation sites is 1. The second-order valence-electron chi connectivity index (χ2n) is 9.18. The van der Waals surface area contributed by atoms with Crippen molar-refractivity contribution in [2.24, 2.45) is 0 Å². The molecule has 1 N–H and O–H groups in total. The van der Waals surface area contributed by atoms with Crippen LogP contribution in [-0.4, -0.2) is 10.0 Å². The number of halogens is 4. The van der Waals surface area contributed by atoms with Crippen LogP contribution < -0.4 is 10.2 Å². The van der Waals surface area contributed by atoms with Crippen LogP contribution in [0.15, 0.2) is 106 Å². The van der Waals surface area contributed by atoms with Gasteiger partial charge in [-0.15, -0.1) is 0 Å². The van der Waals surface area contributed by atoms with E-state index >= 15 is 0 Å². The molecule has 0 radical (unpaired) electrons. The number of benzene rings is 4. The van der Waals surface area contributed by atoms with E-state index in [2.05, 4.69) is 0 Å². The molecular formula is C31H23ClF3NO4. The summed E-state index contributed by atoms with van der Waals surface area (Å²) in [5.74, 6) is -3.07. The standard InChI is InChI=1S/C31H23ClF3NO4/c32-24-13-7-8-14-26(24)39-29-27(38)22-15-16-25(37)23(28(22)40-30(29)31(33,34)35)19-36(17-20-9-3-1-4-10-20)18-21-11-5-2-6-12-21/h1-16,37H,17-19H2. The van der Waals surface area contributed by atoms with Gasteiger partial charge in [0, 0.05) is 19.6 Å². The molecule has 4 aromatic carbocycles. The number of alkyl halides is 3. The first-order valence-electron chi connectivity index (χ1n) is 12.3. The highest BCUT2D eigenvalue weighted by atomic mass is 35.5. The number of rotatable bonds is 8. The molecule has 5 rings (SSSR count). The molecule has 9 heteroatoms. The molecule has 0 atom stereocenters. The molecule has 0 spiro atoms. The number of phenolic OH excluding ortho intramolecular Hbond substituents is 1. The highest BCUT2D eigenvalue weighted by Crippen LogP contribution is 2.41. The van der Waals surface area contributed by atoms with Crippen molar-refractivity contribution in [3.05, 3.63) is 135 Å². The van der Waals surface area contributed by atoms with E-state index in [1.54, 1.807) is 6.07 Å². The zero-order valence-corrected chi connectivity index (χ0v) is 21.7. The zero-order valence-electron chi connectivity index (χ0n) is 21.0. The molecule has 0 aliphatic heterocycles. The van der Waals surface area contributed by atoms with Gasteiger partial charge >= 0.3 is 6.18 Å². The smallest absolute Gasteiger partial charge is 0.453 e. The van der Waals surface area contributed by atoms with Crippen LogP contribution in [0.25, 0.3) is 11.0 Å². The first-order valence-corrected chi connectivity index (χ1v) is 12.7. The quantitative estimate of drug-likeness (QED) is 0.206. The van der Waals surface area contributed by atoms with Crippen LogP contribution in [0.3, 0.4) is 0 Å². The van der Waals surface area contributed by atoms with E-state index in [0.29, 0.717) is 13.1 Å². The predicted octanol–water partition coefficient (Wildman–Crippen LogP) is 8.17. The van der Waals surface area contributed by atoms with Crippen LogP contribution in [0.2, 0.25) is 5.02 Å². The predicted molar refractivity (Wildman–Crippen MR) is 147 cm³/mol. The molecule has 0 aliphatic carbocycles. The molecule has 204 valence electrons. The van der Waals surface area contributed by atoms with Crippen LogP contribution in [0, 0.1) is 0 Å². The van der Waals surface area contributed by atoms with Crippen molar-refractivity contribution in [2.75, 3.05) is 0 Å². The van der Waals surface area contributed by atoms with Gasteiger partial charge in [-0.3, -0.25) is 9.69 Å². The fraction of sp³-hybridized carbons (Fsp3) is 0.129. The van der Waals surface area contributed by atoms with Crippen molar-refractivity contribution in [3.63, 3.8) is 0 Å². The maximum Gasteiger partial charge on any atom is 0.453 e. The first kappa shape index (κ1) is 27.3. The van der Waals surface area contributed by atoms with Gasteiger partial charge in [-0.2, -0.15) is 13.2 Å². The molecule has 0 amide bonds. The van der Waals surface area contributed by atoms with Crippen molar-refractivity contribution in [1.29, 1.82) is 0 Å². The summed E-state index contributed by atoms with van der Waals surface area (Å²) in [4.78, 5) is 15.4. The lowest BCUT2D eigenvalue weighted by atomic mass is 10.1. The summed E-state index contributed by atoms with van der Waals surface area (Å²) in [6, 6.07) is 27.4. The normalized spacial score (nSPS) is 11.7. The summed E-state index contributed by atoms with van der Waals surface area (Å²) in [6.07, 6.45) is -5.07. The fourth-order valence-electron chi connectivity index (χ4n) is 4.43. The minimum Gasteiger partial charge on any atom is -0.507 e. The van der Waals surface area contributed by atoms with Crippen molar-refractivity contribution in [1.82, 2.24) is 4.90 Å². The van der Waals surface area contributed by atoms with Crippen molar-refractivity contribution < 1.29 is 27.4 Å². The SMILES string of the molecule is O=c1c(Oc2ccccc2Cl)c(C(F)(F)F)oc2c(CN(Cc3ccccc3)Cc3ccccc3)c(O)ccc12. The largest absolute Gasteiger partial charge is 0.507 e. The average Bonchev–Trinajstić information content (AvgIpc) is 2.93. The number of ether oxygens (including phenoxy) is 1. The monoisotopic (exact) mass is 565 g/mol. The molecule has 1 aromatic heterocycles. The van der Waals surface area contributed by atoms with Gasteiger partial charge in [-0.25, -0.2) is 0 Å². The van der Waals surface area contributed by atoms with Gasteiger partial charge in [-0.1, -0.05) is 84.4 Å². The number of hydrogen-bond donors (Lipinski definition) is 1. The maximum absolute atomic E-state index is 14.2. The van der Waals surface area contributed by atoms with E-state index in [0.717, 1.165) is 11.1 Å². The summed E-state index contributed by atoms with van der Waals surface area (Å²) in [5.41, 5.74) is 0.579. The van der Waals surface area contributed by atoms with Gasteiger partial charge in [0.25, 0.3) is 5.76 Å². The molecule has 0 fully saturated rings. The van der Waals surface area contributed by atoms with Crippen LogP contribution in [0.5, 0.6) is 17.2 Å². The lowest BCUT2D eigenvalue weighted by Gasteiger charge is -2.24. The molecule has 5 nitrogen and oxygen atoms in total. The molecule has 5 aromatic rings. The Morgan fingerprint density at radius 3 is 1.95 bits per heavy atom. The fourth-order valence-corrected chi connectivity index (χ4v) is 4.61. The summed E-state index contributed by atoms with van der Waals surface area (Å²) >= 11 is 6.07. The van der Waals surface area contributed by atoms with Crippen molar-refractivity contribution in [2.45, 2.75) is 25.8 Å². The van der Waals surface area contributed by atoms with E-state index in [1.807, 2.05) is 65.6 Å². The Labute approximate surface area is 232 Å². The molecule has 0 aliphatic rings. The van der Waals surface area contributed by atoms with Gasteiger partial charge in [-0.05, 0) is 35.4 Å². The van der Waals surface area contributed by atoms with Gasteiger partial charge in [0.05, 0.1) is 16.0 Å². The van der Waals surface area contributed by atoms with E-state index < -0.39 is 23.1 Å². The van der Waals surface area contributed by atoms with Gasteiger partial charge in [0.15, 0.2) is 0 Å². The van der Waals surface area contributed by atoms with E-state index in [9.17, 15) is 23.1 Å². The molecule has 0 bridgehead atoms. The lowest BCUT2D eigenvalue weighted by molar-refractivity contribution is -0.154. The van der Waals surface area contributed by atoms with Crippen molar-refractivity contribution in [3.8, 4) is 17.2 Å². The minimum atomic E-state index is -5.07. The molecular weight excluding hydrogens is 543 g/mol. The highest BCUT2D eigenvalue weighted by Gasteiger charge is 2.41. The molecule has 1 heterocycles. The second kappa shape index (κ2) is 11.5. The number of phenols is 1. The Balaban J connectivity index is 1.62. The molecule has 0 saturated carbocycles. The Bertz CT molecular complexity index is 1650. The third-order valence-corrected chi connectivity index (χ3v) is 6.60. The third kappa shape index (κ3) is 5.98.